The number of alkyl halides is 1. The Bertz CT molecular complexity index is 314. The van der Waals surface area contributed by atoms with Gasteiger partial charge in [0.1, 0.15) is 5.82 Å². The topological polar surface area (TPSA) is 0 Å². The summed E-state index contributed by atoms with van der Waals surface area (Å²) in [7, 11) is 0. The molecule has 2 heteroatoms. The van der Waals surface area contributed by atoms with E-state index in [1.807, 2.05) is 12.1 Å². The summed E-state index contributed by atoms with van der Waals surface area (Å²) in [6.07, 6.45) is 8.10. The van der Waals surface area contributed by atoms with Crippen molar-refractivity contribution < 1.29 is 4.39 Å². The van der Waals surface area contributed by atoms with E-state index in [4.69, 9.17) is 0 Å². The second kappa shape index (κ2) is 5.81. The van der Waals surface area contributed by atoms with Crippen molar-refractivity contribution in [2.24, 2.45) is 5.92 Å². The fourth-order valence-electron chi connectivity index (χ4n) is 2.52. The Balaban J connectivity index is 1.82. The summed E-state index contributed by atoms with van der Waals surface area (Å²) in [5, 5.41) is 0. The molecule has 0 aromatic heterocycles. The van der Waals surface area contributed by atoms with Crippen LogP contribution in [0.4, 0.5) is 4.39 Å². The lowest BCUT2D eigenvalue weighted by atomic mass is 9.98. The molecule has 0 bridgehead atoms. The Morgan fingerprint density at radius 2 is 1.81 bits per heavy atom. The smallest absolute Gasteiger partial charge is 0.123 e. The second-order valence-corrected chi connectivity index (χ2v) is 5.85. The molecule has 88 valence electrons. The minimum Gasteiger partial charge on any atom is -0.207 e. The first kappa shape index (κ1) is 12.1. The molecule has 1 atom stereocenters. The Morgan fingerprint density at radius 1 is 1.19 bits per heavy atom. The van der Waals surface area contributed by atoms with Crippen molar-refractivity contribution in [3.63, 3.8) is 0 Å². The van der Waals surface area contributed by atoms with E-state index in [1.165, 1.54) is 37.7 Å². The van der Waals surface area contributed by atoms with E-state index in [9.17, 15) is 4.39 Å². The molecule has 1 aliphatic carbocycles. The Hall–Kier alpha value is -0.370. The molecular formula is C14H18BrF. The molecule has 1 unspecified atom stereocenters. The van der Waals surface area contributed by atoms with Crippen molar-refractivity contribution in [1.29, 1.82) is 0 Å². The van der Waals surface area contributed by atoms with Crippen molar-refractivity contribution in [2.75, 3.05) is 0 Å². The standard InChI is InChI=1S/C14H18BrF/c15-14(10-5-11-3-1-2-4-11)12-6-8-13(16)9-7-12/h6-9,11,14H,1-5,10H2. The molecule has 2 rings (SSSR count). The van der Waals surface area contributed by atoms with Gasteiger partial charge in [-0.15, -0.1) is 0 Å². The third kappa shape index (κ3) is 3.31. The molecule has 1 aliphatic rings. The Morgan fingerprint density at radius 3 is 2.44 bits per heavy atom. The van der Waals surface area contributed by atoms with Crippen molar-refractivity contribution >= 4 is 15.9 Å². The molecule has 1 aromatic carbocycles. The maximum atomic E-state index is 12.8. The number of rotatable bonds is 4. The monoisotopic (exact) mass is 284 g/mol. The predicted molar refractivity (Wildman–Crippen MR) is 69.3 cm³/mol. The first-order chi connectivity index (χ1) is 7.75. The molecule has 1 saturated carbocycles. The van der Waals surface area contributed by atoms with Crippen LogP contribution in [0.15, 0.2) is 24.3 Å². The van der Waals surface area contributed by atoms with Gasteiger partial charge in [-0.3, -0.25) is 0 Å². The highest BCUT2D eigenvalue weighted by atomic mass is 79.9. The molecule has 0 nitrogen and oxygen atoms in total. The van der Waals surface area contributed by atoms with Crippen LogP contribution < -0.4 is 0 Å². The lowest BCUT2D eigenvalue weighted by molar-refractivity contribution is 0.483. The van der Waals surface area contributed by atoms with Gasteiger partial charge in [-0.25, -0.2) is 4.39 Å². The van der Waals surface area contributed by atoms with Crippen LogP contribution >= 0.6 is 15.9 Å². The zero-order valence-corrected chi connectivity index (χ0v) is 11.0. The largest absolute Gasteiger partial charge is 0.207 e. The average Bonchev–Trinajstić information content (AvgIpc) is 2.80. The molecule has 0 spiro atoms. The van der Waals surface area contributed by atoms with Crippen molar-refractivity contribution in [3.05, 3.63) is 35.6 Å². The summed E-state index contributed by atoms with van der Waals surface area (Å²) in [4.78, 5) is 0.383. The molecule has 0 heterocycles. The number of benzene rings is 1. The van der Waals surface area contributed by atoms with Crippen LogP contribution in [-0.2, 0) is 0 Å². The van der Waals surface area contributed by atoms with E-state index in [1.54, 1.807) is 12.1 Å². The fraction of sp³-hybridized carbons (Fsp3) is 0.571. The maximum absolute atomic E-state index is 12.8. The van der Waals surface area contributed by atoms with Crippen LogP contribution in [0, 0.1) is 11.7 Å². The van der Waals surface area contributed by atoms with Gasteiger partial charge < -0.3 is 0 Å². The van der Waals surface area contributed by atoms with E-state index in [0.29, 0.717) is 4.83 Å². The number of halogens is 2. The lowest BCUT2D eigenvalue weighted by Crippen LogP contribution is -1.97. The highest BCUT2D eigenvalue weighted by Gasteiger charge is 2.16. The molecule has 0 saturated heterocycles. The van der Waals surface area contributed by atoms with Crippen LogP contribution in [0.1, 0.15) is 48.9 Å². The summed E-state index contributed by atoms with van der Waals surface area (Å²) in [6.45, 7) is 0. The van der Waals surface area contributed by atoms with Gasteiger partial charge in [0.15, 0.2) is 0 Å². The molecule has 0 aliphatic heterocycles. The van der Waals surface area contributed by atoms with Gasteiger partial charge in [-0.2, -0.15) is 0 Å². The zero-order valence-electron chi connectivity index (χ0n) is 9.46. The summed E-state index contributed by atoms with van der Waals surface area (Å²) in [5.74, 6) is 0.778. The minimum atomic E-state index is -0.153. The molecule has 0 N–H and O–H groups in total. The highest BCUT2D eigenvalue weighted by molar-refractivity contribution is 9.09. The van der Waals surface area contributed by atoms with Gasteiger partial charge in [0.2, 0.25) is 0 Å². The average molecular weight is 285 g/mol. The summed E-state index contributed by atoms with van der Waals surface area (Å²) < 4.78 is 12.8. The summed E-state index contributed by atoms with van der Waals surface area (Å²) in [6, 6.07) is 6.84. The predicted octanol–water partition coefficient (Wildman–Crippen LogP) is 5.23. The molecule has 1 aromatic rings. The lowest BCUT2D eigenvalue weighted by Gasteiger charge is -2.13. The van der Waals surface area contributed by atoms with Crippen LogP contribution in [0.3, 0.4) is 0 Å². The molecule has 0 radical (unpaired) electrons. The van der Waals surface area contributed by atoms with E-state index in [0.717, 1.165) is 12.3 Å². The zero-order chi connectivity index (χ0) is 11.4. The molecule has 0 amide bonds. The van der Waals surface area contributed by atoms with Crippen LogP contribution in [-0.4, -0.2) is 0 Å². The van der Waals surface area contributed by atoms with Crippen LogP contribution in [0.25, 0.3) is 0 Å². The second-order valence-electron chi connectivity index (χ2n) is 4.75. The quantitative estimate of drug-likeness (QED) is 0.664. The van der Waals surface area contributed by atoms with E-state index in [-0.39, 0.29) is 5.82 Å². The Kier molecular flexibility index (Phi) is 4.39. The third-order valence-corrected chi connectivity index (χ3v) is 4.52. The summed E-state index contributed by atoms with van der Waals surface area (Å²) >= 11 is 3.70. The third-order valence-electron chi connectivity index (χ3n) is 3.53. The SMILES string of the molecule is Fc1ccc(C(Br)CCC2CCCC2)cc1. The maximum Gasteiger partial charge on any atom is 0.123 e. The molecule has 1 fully saturated rings. The van der Waals surface area contributed by atoms with Gasteiger partial charge in [-0.05, 0) is 36.5 Å². The van der Waals surface area contributed by atoms with Gasteiger partial charge in [-0.1, -0.05) is 53.7 Å². The van der Waals surface area contributed by atoms with Crippen LogP contribution in [0.2, 0.25) is 0 Å². The summed E-state index contributed by atoms with van der Waals surface area (Å²) in [5.41, 5.74) is 1.19. The first-order valence-electron chi connectivity index (χ1n) is 6.15. The van der Waals surface area contributed by atoms with E-state index < -0.39 is 0 Å². The van der Waals surface area contributed by atoms with Gasteiger partial charge in [0.25, 0.3) is 0 Å². The van der Waals surface area contributed by atoms with Gasteiger partial charge in [0.05, 0.1) is 0 Å². The number of hydrogen-bond acceptors (Lipinski definition) is 0. The van der Waals surface area contributed by atoms with Gasteiger partial charge >= 0.3 is 0 Å². The van der Waals surface area contributed by atoms with E-state index >= 15 is 0 Å². The van der Waals surface area contributed by atoms with Crippen molar-refractivity contribution in [3.8, 4) is 0 Å². The van der Waals surface area contributed by atoms with Gasteiger partial charge in [0, 0.05) is 4.83 Å². The molecule has 16 heavy (non-hydrogen) atoms. The van der Waals surface area contributed by atoms with Crippen molar-refractivity contribution in [2.45, 2.75) is 43.4 Å². The normalized spacial score (nSPS) is 18.9. The minimum absolute atomic E-state index is 0.153. The Labute approximate surface area is 105 Å². The van der Waals surface area contributed by atoms with E-state index in [2.05, 4.69) is 15.9 Å². The molecular weight excluding hydrogens is 267 g/mol. The number of hydrogen-bond donors (Lipinski definition) is 0. The van der Waals surface area contributed by atoms with Crippen LogP contribution in [0.5, 0.6) is 0 Å². The van der Waals surface area contributed by atoms with Crippen molar-refractivity contribution in [1.82, 2.24) is 0 Å². The first-order valence-corrected chi connectivity index (χ1v) is 7.07. The highest BCUT2D eigenvalue weighted by Crippen LogP contribution is 2.34. The fourth-order valence-corrected chi connectivity index (χ4v) is 3.09.